The van der Waals surface area contributed by atoms with Crippen LogP contribution in [0.25, 0.3) is 11.0 Å². The van der Waals surface area contributed by atoms with Crippen molar-refractivity contribution in [3.63, 3.8) is 0 Å². The van der Waals surface area contributed by atoms with Gasteiger partial charge in [-0.05, 0) is 44.1 Å². The molecule has 4 rings (SSSR count). The number of piperidine rings is 1. The van der Waals surface area contributed by atoms with E-state index in [1.54, 1.807) is 11.6 Å². The van der Waals surface area contributed by atoms with E-state index in [0.29, 0.717) is 25.6 Å². The smallest absolute Gasteiger partial charge is 0.274 e. The lowest BCUT2D eigenvalue weighted by atomic mass is 10.2. The average Bonchev–Trinajstić information content (AvgIpc) is 3.41. The first kappa shape index (κ1) is 24.4. The van der Waals surface area contributed by atoms with E-state index in [1.165, 1.54) is 16.6 Å². The molecule has 0 radical (unpaired) electrons. The number of amides is 1. The molecule has 0 bridgehead atoms. The number of nitrogens with zero attached hydrogens (tertiary/aromatic N) is 5. The van der Waals surface area contributed by atoms with Gasteiger partial charge in [-0.1, -0.05) is 32.4 Å². The number of para-hydroxylation sites is 2. The number of hydrogen-bond acceptors (Lipinski definition) is 5. The Morgan fingerprint density at radius 2 is 1.82 bits per heavy atom. The second-order valence-corrected chi connectivity index (χ2v) is 10.6. The molecule has 184 valence electrons. The molecule has 3 heterocycles. The summed E-state index contributed by atoms with van der Waals surface area (Å²) in [6.45, 7) is 8.71. The van der Waals surface area contributed by atoms with E-state index in [-0.39, 0.29) is 16.5 Å². The normalized spacial score (nSPS) is 15.3. The molecule has 1 N–H and O–H groups in total. The zero-order valence-corrected chi connectivity index (χ0v) is 21.0. The van der Waals surface area contributed by atoms with Crippen LogP contribution in [0, 0.1) is 0 Å². The zero-order valence-electron chi connectivity index (χ0n) is 20.2. The first-order valence-electron chi connectivity index (χ1n) is 12.0. The minimum absolute atomic E-state index is 0.150. The van der Waals surface area contributed by atoms with Crippen molar-refractivity contribution in [3.05, 3.63) is 42.2 Å². The van der Waals surface area contributed by atoms with E-state index in [4.69, 9.17) is 0 Å². The summed E-state index contributed by atoms with van der Waals surface area (Å²) in [6.07, 6.45) is 4.29. The Labute approximate surface area is 201 Å². The van der Waals surface area contributed by atoms with E-state index < -0.39 is 10.0 Å². The number of benzene rings is 1. The van der Waals surface area contributed by atoms with Crippen molar-refractivity contribution in [3.8, 4) is 0 Å². The third kappa shape index (κ3) is 4.89. The fraction of sp³-hybridized carbons (Fsp3) is 0.500. The van der Waals surface area contributed by atoms with Crippen molar-refractivity contribution >= 4 is 32.9 Å². The Kier molecular flexibility index (Phi) is 7.39. The number of carbonyl (C=O) groups excluding carboxylic acids is 1. The molecule has 34 heavy (non-hydrogen) atoms. The summed E-state index contributed by atoms with van der Waals surface area (Å²) in [5.74, 6) is 0.0713. The molecule has 0 aliphatic carbocycles. The van der Waals surface area contributed by atoms with Crippen molar-refractivity contribution in [2.24, 2.45) is 7.05 Å². The van der Waals surface area contributed by atoms with Gasteiger partial charge in [-0.2, -0.15) is 4.31 Å². The summed E-state index contributed by atoms with van der Waals surface area (Å²) in [5, 5.41) is 2.93. The molecule has 2 aromatic heterocycles. The second-order valence-electron chi connectivity index (χ2n) is 8.69. The first-order valence-corrected chi connectivity index (χ1v) is 13.4. The molecule has 1 aliphatic heterocycles. The molecular formula is C24H34N6O3S. The molecule has 1 aliphatic rings. The number of likely N-dealkylation sites (N-methyl/N-ethyl adjacent to an activating group) is 1. The quantitative estimate of drug-likeness (QED) is 0.502. The number of aromatic nitrogens is 3. The number of imidazole rings is 1. The third-order valence-corrected chi connectivity index (χ3v) is 8.44. The second kappa shape index (κ2) is 10.3. The molecule has 9 nitrogen and oxygen atoms in total. The van der Waals surface area contributed by atoms with Gasteiger partial charge in [-0.3, -0.25) is 10.1 Å². The Morgan fingerprint density at radius 3 is 2.53 bits per heavy atom. The minimum Gasteiger partial charge on any atom is -0.345 e. The van der Waals surface area contributed by atoms with Gasteiger partial charge in [0.05, 0.1) is 11.0 Å². The maximum atomic E-state index is 13.2. The summed E-state index contributed by atoms with van der Waals surface area (Å²) in [4.78, 5) is 20.3. The van der Waals surface area contributed by atoms with Crippen LogP contribution in [0.1, 0.15) is 43.6 Å². The van der Waals surface area contributed by atoms with Crippen LogP contribution in [0.4, 0.5) is 5.95 Å². The van der Waals surface area contributed by atoms with Crippen LogP contribution < -0.4 is 5.32 Å². The van der Waals surface area contributed by atoms with Crippen molar-refractivity contribution < 1.29 is 13.2 Å². The zero-order chi connectivity index (χ0) is 24.3. The number of sulfonamides is 1. The van der Waals surface area contributed by atoms with E-state index in [2.05, 4.69) is 29.0 Å². The molecule has 1 aromatic carbocycles. The van der Waals surface area contributed by atoms with Crippen molar-refractivity contribution in [1.29, 1.82) is 0 Å². The highest BCUT2D eigenvalue weighted by Gasteiger charge is 2.29. The van der Waals surface area contributed by atoms with Crippen LogP contribution in [0.5, 0.6) is 0 Å². The molecule has 3 aromatic rings. The standard InChI is InChI=1S/C24H34N6O3S/c1-4-28(5-2)15-16-30-21-12-8-7-11-20(21)25-24(30)26-23(31)22-17-19(18-27(22)3)34(32,33)29-13-9-6-10-14-29/h7-8,11-12,17-18H,4-6,9-10,13-16H2,1-3H3,(H,25,26,31). The van der Waals surface area contributed by atoms with Gasteiger partial charge in [0.2, 0.25) is 16.0 Å². The van der Waals surface area contributed by atoms with Crippen molar-refractivity contribution in [2.45, 2.75) is 44.6 Å². The topological polar surface area (TPSA) is 92.5 Å². The van der Waals surface area contributed by atoms with Crippen LogP contribution >= 0.6 is 0 Å². The Hall–Kier alpha value is -2.69. The van der Waals surface area contributed by atoms with Gasteiger partial charge in [0, 0.05) is 39.4 Å². The minimum atomic E-state index is -3.62. The molecule has 1 saturated heterocycles. The fourth-order valence-electron chi connectivity index (χ4n) is 4.50. The molecule has 0 unspecified atom stereocenters. The van der Waals surface area contributed by atoms with Gasteiger partial charge in [0.25, 0.3) is 5.91 Å². The Bertz CT molecular complexity index is 1250. The molecule has 0 saturated carbocycles. The molecule has 1 fully saturated rings. The summed E-state index contributed by atoms with van der Waals surface area (Å²) in [5.41, 5.74) is 2.03. The number of aryl methyl sites for hydroxylation is 1. The highest BCUT2D eigenvalue weighted by Crippen LogP contribution is 2.24. The number of hydrogen-bond donors (Lipinski definition) is 1. The number of fused-ring (bicyclic) bond motifs is 1. The highest BCUT2D eigenvalue weighted by molar-refractivity contribution is 7.89. The number of nitrogens with one attached hydrogen (secondary N) is 1. The largest absolute Gasteiger partial charge is 0.345 e. The number of carbonyl (C=O) groups is 1. The maximum Gasteiger partial charge on any atom is 0.274 e. The summed E-state index contributed by atoms with van der Waals surface area (Å²) < 4.78 is 31.2. The lowest BCUT2D eigenvalue weighted by molar-refractivity contribution is 0.101. The van der Waals surface area contributed by atoms with Gasteiger partial charge in [-0.15, -0.1) is 0 Å². The predicted octanol–water partition coefficient (Wildman–Crippen LogP) is 3.14. The van der Waals surface area contributed by atoms with E-state index in [1.807, 2.05) is 28.8 Å². The van der Waals surface area contributed by atoms with Crippen LogP contribution in [0.2, 0.25) is 0 Å². The maximum absolute atomic E-state index is 13.2. The van der Waals surface area contributed by atoms with Gasteiger partial charge in [0.15, 0.2) is 0 Å². The van der Waals surface area contributed by atoms with Gasteiger partial charge in [-0.25, -0.2) is 13.4 Å². The molecular weight excluding hydrogens is 452 g/mol. The average molecular weight is 487 g/mol. The SMILES string of the molecule is CCN(CC)CCn1c(NC(=O)c2cc(S(=O)(=O)N3CCCCC3)cn2C)nc2ccccc21. The van der Waals surface area contributed by atoms with E-state index in [9.17, 15) is 13.2 Å². The molecule has 10 heteroatoms. The molecule has 0 atom stereocenters. The Balaban J connectivity index is 1.59. The highest BCUT2D eigenvalue weighted by atomic mass is 32.2. The van der Waals surface area contributed by atoms with Gasteiger partial charge >= 0.3 is 0 Å². The summed E-state index contributed by atoms with van der Waals surface area (Å²) >= 11 is 0. The van der Waals surface area contributed by atoms with Crippen LogP contribution in [0.15, 0.2) is 41.4 Å². The number of rotatable bonds is 9. The third-order valence-electron chi connectivity index (χ3n) is 6.58. The van der Waals surface area contributed by atoms with E-state index in [0.717, 1.165) is 49.9 Å². The van der Waals surface area contributed by atoms with Crippen LogP contribution in [-0.4, -0.2) is 70.4 Å². The van der Waals surface area contributed by atoms with Crippen LogP contribution in [-0.2, 0) is 23.6 Å². The monoisotopic (exact) mass is 486 g/mol. The molecule has 0 spiro atoms. The predicted molar refractivity (Wildman–Crippen MR) is 133 cm³/mol. The molecule has 1 amide bonds. The summed E-state index contributed by atoms with van der Waals surface area (Å²) in [7, 11) is -1.93. The van der Waals surface area contributed by atoms with Crippen molar-refractivity contribution in [2.75, 3.05) is 38.0 Å². The van der Waals surface area contributed by atoms with Crippen LogP contribution in [0.3, 0.4) is 0 Å². The number of anilines is 1. The lowest BCUT2D eigenvalue weighted by Crippen LogP contribution is -2.35. The van der Waals surface area contributed by atoms with E-state index >= 15 is 0 Å². The van der Waals surface area contributed by atoms with Gasteiger partial charge < -0.3 is 14.0 Å². The first-order chi connectivity index (χ1) is 16.3. The fourth-order valence-corrected chi connectivity index (χ4v) is 6.09. The Morgan fingerprint density at radius 1 is 1.12 bits per heavy atom. The summed E-state index contributed by atoms with van der Waals surface area (Å²) in [6, 6.07) is 9.25. The lowest BCUT2D eigenvalue weighted by Gasteiger charge is -2.25. The van der Waals surface area contributed by atoms with Crippen molar-refractivity contribution in [1.82, 2.24) is 23.3 Å². The van der Waals surface area contributed by atoms with Gasteiger partial charge in [0.1, 0.15) is 10.6 Å².